The third-order valence-electron chi connectivity index (χ3n) is 9.54. The summed E-state index contributed by atoms with van der Waals surface area (Å²) in [4.78, 5) is 152. The summed E-state index contributed by atoms with van der Waals surface area (Å²) in [5.41, 5.74) is -8.56. The number of carbonyl (C=O) groups excluding carboxylic acids is 6. The first-order valence-electron chi connectivity index (χ1n) is 22.0. The van der Waals surface area contributed by atoms with E-state index in [1.807, 2.05) is 0 Å². The predicted molar refractivity (Wildman–Crippen MR) is 253 cm³/mol. The van der Waals surface area contributed by atoms with Gasteiger partial charge in [-0.25, -0.2) is 84.9 Å². The molecule has 0 radical (unpaired) electrons. The van der Waals surface area contributed by atoms with E-state index in [0.29, 0.717) is 27.4 Å². The molecule has 2 aromatic rings. The quantitative estimate of drug-likeness (QED) is 0.0177. The summed E-state index contributed by atoms with van der Waals surface area (Å²) in [6, 6.07) is 0. The third-order valence-corrected chi connectivity index (χ3v) is 9.54. The van der Waals surface area contributed by atoms with Gasteiger partial charge in [-0.15, -0.1) is 0 Å². The van der Waals surface area contributed by atoms with E-state index in [2.05, 4.69) is 26.3 Å². The van der Waals surface area contributed by atoms with Crippen molar-refractivity contribution in [2.75, 3.05) is 39.6 Å². The first-order chi connectivity index (χ1) is 35.1. The van der Waals surface area contributed by atoms with Crippen molar-refractivity contribution in [3.05, 3.63) is 136 Å². The third kappa shape index (κ3) is 20.0. The Hall–Kier alpha value is -8.16. The average molecular weight is 1070 g/mol. The van der Waals surface area contributed by atoms with Crippen molar-refractivity contribution < 1.29 is 87.8 Å². The van der Waals surface area contributed by atoms with Crippen molar-refractivity contribution in [3.63, 3.8) is 0 Å². The molecule has 2 aromatic heterocycles. The first-order valence-corrected chi connectivity index (χ1v) is 22.0. The second-order valence-corrected chi connectivity index (χ2v) is 16.1. The van der Waals surface area contributed by atoms with Gasteiger partial charge in [0.25, 0.3) is 0 Å². The number of rotatable bonds is 31. The largest absolute Gasteiger partial charge is 0.460 e. The van der Waals surface area contributed by atoms with Crippen LogP contribution >= 0.6 is 0 Å². The number of aliphatic hydroxyl groups is 6. The van der Waals surface area contributed by atoms with E-state index >= 15 is 0 Å². The Morgan fingerprint density at radius 1 is 0.413 bits per heavy atom. The molecule has 2 rings (SSSR count). The van der Waals surface area contributed by atoms with Crippen LogP contribution in [0.25, 0.3) is 0 Å². The molecule has 0 fully saturated rings. The van der Waals surface area contributed by atoms with Gasteiger partial charge in [-0.2, -0.15) is 0 Å². The minimum atomic E-state index is -1.84. The fourth-order valence-electron chi connectivity index (χ4n) is 5.80. The molecule has 6 N–H and O–H groups in total. The second-order valence-electron chi connectivity index (χ2n) is 16.1. The van der Waals surface area contributed by atoms with E-state index < -0.39 is 185 Å². The molecule has 0 aromatic carbocycles. The standard InChI is InChI=1S/C45H58N6O24/c1-8-34(58)70-19-28(52)13-46-40(64)47(14-29(53)20-71-35(59)9-2)42(66)48(41(46)65)15-30(54)21-72-36(60)12-10-11-27(7)39(63)75-24-33(57)18-51-44(68)49(16-31(55)22-73-37(61)25(3)4)43(67)50(45(51)69)17-32(56)23-74-38(62)26(5)6/h8-12,28-33,52-57H,1-3,5,13-24H2,4,6-7H3/b12-10+,27-11+. The monoisotopic (exact) mass is 1070 g/mol. The number of aromatic nitrogens is 6. The van der Waals surface area contributed by atoms with Gasteiger partial charge in [-0.1, -0.05) is 38.5 Å². The molecule has 0 aliphatic heterocycles. The molecule has 6 unspecified atom stereocenters. The molecule has 0 saturated carbocycles. The van der Waals surface area contributed by atoms with Crippen molar-refractivity contribution in [3.8, 4) is 0 Å². The Morgan fingerprint density at radius 3 is 0.880 bits per heavy atom. The van der Waals surface area contributed by atoms with Crippen molar-refractivity contribution >= 4 is 35.8 Å². The van der Waals surface area contributed by atoms with Gasteiger partial charge in [-0.05, 0) is 20.8 Å². The molecule has 30 heteroatoms. The van der Waals surface area contributed by atoms with Crippen LogP contribution in [0.3, 0.4) is 0 Å². The molecular weight excluding hydrogens is 1010 g/mol. The van der Waals surface area contributed by atoms with E-state index in [-0.39, 0.29) is 16.7 Å². The van der Waals surface area contributed by atoms with Gasteiger partial charge in [0.2, 0.25) is 0 Å². The van der Waals surface area contributed by atoms with E-state index in [1.54, 1.807) is 0 Å². The normalized spacial score (nSPS) is 13.8. The van der Waals surface area contributed by atoms with Gasteiger partial charge in [0.05, 0.1) is 39.3 Å². The van der Waals surface area contributed by atoms with Gasteiger partial charge in [0.1, 0.15) is 76.3 Å². The highest BCUT2D eigenvalue weighted by Gasteiger charge is 2.25. The van der Waals surface area contributed by atoms with E-state index in [1.165, 1.54) is 20.8 Å². The molecule has 0 bridgehead atoms. The molecule has 0 aliphatic rings. The second kappa shape index (κ2) is 30.1. The number of ether oxygens (including phenoxy) is 6. The molecule has 0 aliphatic carbocycles. The van der Waals surface area contributed by atoms with Gasteiger partial charge >= 0.3 is 70.0 Å². The van der Waals surface area contributed by atoms with Crippen LogP contribution in [-0.2, 0) is 96.5 Å². The zero-order valence-electron chi connectivity index (χ0n) is 40.9. The van der Waals surface area contributed by atoms with Gasteiger partial charge in [-0.3, -0.25) is 0 Å². The average Bonchev–Trinajstić information content (AvgIpc) is 3.36. The smallest absolute Gasteiger partial charge is 0.336 e. The lowest BCUT2D eigenvalue weighted by atomic mass is 10.2. The first kappa shape index (κ1) is 63.0. The number of nitrogens with zero attached hydrogens (tertiary/aromatic N) is 6. The summed E-state index contributed by atoms with van der Waals surface area (Å²) in [6.07, 6.45) is -6.18. The minimum absolute atomic E-state index is 0.0336. The maximum atomic E-state index is 13.4. The molecule has 75 heavy (non-hydrogen) atoms. The molecule has 30 nitrogen and oxygen atoms in total. The SMILES string of the molecule is C=CC(=O)OCC(O)Cn1c(=O)n(CC(O)COC(=O)C=C)c(=O)n(CC(O)COC(=O)/C=C/C=C(\C)C(=O)OCC(O)Cn2c(=O)n(CC(O)COC(=O)C(=C)C)c(=O)n(CC(O)COC(=O)C(=C)C)c2=O)c1=O. The molecular formula is C45H58N6O24. The molecule has 2 heterocycles. The minimum Gasteiger partial charge on any atom is -0.460 e. The highest BCUT2D eigenvalue weighted by molar-refractivity contribution is 5.89. The lowest BCUT2D eigenvalue weighted by molar-refractivity contribution is -0.142. The van der Waals surface area contributed by atoms with E-state index in [0.717, 1.165) is 30.4 Å². The number of hydrogen-bond acceptors (Lipinski definition) is 24. The number of esters is 6. The Balaban J connectivity index is 2.22. The number of carbonyl (C=O) groups is 6. The van der Waals surface area contributed by atoms with Crippen LogP contribution in [-0.4, -0.2) is 170 Å². The molecule has 0 spiro atoms. The summed E-state index contributed by atoms with van der Waals surface area (Å²) >= 11 is 0. The summed E-state index contributed by atoms with van der Waals surface area (Å²) < 4.78 is 31.0. The van der Waals surface area contributed by atoms with Gasteiger partial charge in [0, 0.05) is 34.9 Å². The molecule has 6 atom stereocenters. The maximum absolute atomic E-state index is 13.4. The summed E-state index contributed by atoms with van der Waals surface area (Å²) in [5.74, 6) is -5.99. The van der Waals surface area contributed by atoms with E-state index in [4.69, 9.17) is 28.4 Å². The van der Waals surface area contributed by atoms with Crippen molar-refractivity contribution in [2.45, 2.75) is 96.7 Å². The fourth-order valence-corrected chi connectivity index (χ4v) is 5.80. The van der Waals surface area contributed by atoms with Crippen LogP contribution in [0.2, 0.25) is 0 Å². The molecule has 0 saturated heterocycles. The Kier molecular flexibility index (Phi) is 25.3. The molecule has 412 valence electrons. The number of aliphatic hydroxyl groups excluding tert-OH is 6. The lowest BCUT2D eigenvalue weighted by Crippen LogP contribution is -2.57. The van der Waals surface area contributed by atoms with Crippen molar-refractivity contribution in [1.82, 2.24) is 27.4 Å². The Morgan fingerprint density at radius 2 is 0.640 bits per heavy atom. The number of allylic oxidation sites excluding steroid dienone is 2. The summed E-state index contributed by atoms with van der Waals surface area (Å²) in [6.45, 7) is 6.86. The highest BCUT2D eigenvalue weighted by atomic mass is 16.6. The van der Waals surface area contributed by atoms with Crippen LogP contribution in [0.5, 0.6) is 0 Å². The van der Waals surface area contributed by atoms with Gasteiger partial charge in [0.15, 0.2) is 0 Å². The maximum Gasteiger partial charge on any atom is 0.336 e. The van der Waals surface area contributed by atoms with Crippen LogP contribution < -0.4 is 34.1 Å². The summed E-state index contributed by atoms with van der Waals surface area (Å²) in [7, 11) is 0. The van der Waals surface area contributed by atoms with Crippen LogP contribution in [0.15, 0.2) is 102 Å². The highest BCUT2D eigenvalue weighted by Crippen LogP contribution is 2.02. The van der Waals surface area contributed by atoms with Crippen LogP contribution in [0.4, 0.5) is 0 Å². The molecule has 0 amide bonds. The Labute approximate surface area is 423 Å². The van der Waals surface area contributed by atoms with Crippen molar-refractivity contribution in [1.29, 1.82) is 0 Å². The zero-order valence-corrected chi connectivity index (χ0v) is 40.9. The van der Waals surface area contributed by atoms with E-state index in [9.17, 15) is 88.2 Å². The zero-order chi connectivity index (χ0) is 56.9. The topological polar surface area (TPSA) is 411 Å². The Bertz CT molecular complexity index is 2770. The lowest BCUT2D eigenvalue weighted by Gasteiger charge is -2.19. The van der Waals surface area contributed by atoms with Crippen molar-refractivity contribution in [2.24, 2.45) is 0 Å². The van der Waals surface area contributed by atoms with Gasteiger partial charge < -0.3 is 59.1 Å². The summed E-state index contributed by atoms with van der Waals surface area (Å²) in [5, 5.41) is 63.1. The predicted octanol–water partition coefficient (Wildman–Crippen LogP) is -6.19. The fraction of sp³-hybridized carbons (Fsp3) is 0.467. The number of hydrogen-bond donors (Lipinski definition) is 6. The van der Waals surface area contributed by atoms with Crippen LogP contribution in [0.1, 0.15) is 20.8 Å². The van der Waals surface area contributed by atoms with Crippen LogP contribution in [0, 0.1) is 0 Å².